The molecule has 19 heavy (non-hydrogen) atoms. The summed E-state index contributed by atoms with van der Waals surface area (Å²) in [4.78, 5) is 14.5. The Balaban J connectivity index is 2.16. The second-order valence-electron chi connectivity index (χ2n) is 5.24. The summed E-state index contributed by atoms with van der Waals surface area (Å²) in [6.45, 7) is 0.675. The second kappa shape index (κ2) is 6.70. The molecule has 0 bridgehead atoms. The van der Waals surface area contributed by atoms with Crippen molar-refractivity contribution in [2.24, 2.45) is 11.7 Å². The monoisotopic (exact) mass is 372 g/mol. The van der Waals surface area contributed by atoms with Crippen LogP contribution >= 0.6 is 22.6 Å². The number of benzene rings is 1. The van der Waals surface area contributed by atoms with Crippen molar-refractivity contribution in [3.05, 3.63) is 33.4 Å². The van der Waals surface area contributed by atoms with Crippen LogP contribution < -0.4 is 5.73 Å². The lowest BCUT2D eigenvalue weighted by Crippen LogP contribution is -2.46. The predicted molar refractivity (Wildman–Crippen MR) is 86.1 cm³/mol. The van der Waals surface area contributed by atoms with Gasteiger partial charge in [0.1, 0.15) is 0 Å². The van der Waals surface area contributed by atoms with E-state index in [0.29, 0.717) is 18.5 Å². The van der Waals surface area contributed by atoms with Gasteiger partial charge in [0, 0.05) is 16.7 Å². The largest absolute Gasteiger partial charge is 0.338 e. The number of nitrogens with two attached hydrogens (primary N) is 1. The number of amides is 1. The molecule has 2 unspecified atom stereocenters. The molecule has 1 amide bonds. The van der Waals surface area contributed by atoms with Crippen LogP contribution in [0.5, 0.6) is 0 Å². The number of hydrogen-bond acceptors (Lipinski definition) is 2. The number of nitrogens with zero attached hydrogens (tertiary/aromatic N) is 1. The molecule has 2 rings (SSSR count). The number of hydrogen-bond donors (Lipinski definition) is 1. The molecule has 0 saturated heterocycles. The van der Waals surface area contributed by atoms with Crippen molar-refractivity contribution in [3.8, 4) is 0 Å². The zero-order chi connectivity index (χ0) is 13.8. The van der Waals surface area contributed by atoms with Gasteiger partial charge in [-0.1, -0.05) is 25.0 Å². The van der Waals surface area contributed by atoms with E-state index < -0.39 is 0 Å². The van der Waals surface area contributed by atoms with Gasteiger partial charge in [0.2, 0.25) is 0 Å². The molecule has 0 heterocycles. The lowest BCUT2D eigenvalue weighted by Gasteiger charge is -2.37. The van der Waals surface area contributed by atoms with Crippen LogP contribution in [-0.4, -0.2) is 30.4 Å². The van der Waals surface area contributed by atoms with Gasteiger partial charge in [-0.2, -0.15) is 0 Å². The molecule has 104 valence electrons. The van der Waals surface area contributed by atoms with Gasteiger partial charge in [-0.05, 0) is 60.0 Å². The SMILES string of the molecule is CN(C(=O)c1ccccc1I)C1CCCCC1CN. The summed E-state index contributed by atoms with van der Waals surface area (Å²) in [5, 5.41) is 0. The Kier molecular flexibility index (Phi) is 5.21. The van der Waals surface area contributed by atoms with E-state index in [-0.39, 0.29) is 5.91 Å². The lowest BCUT2D eigenvalue weighted by atomic mass is 9.83. The third-order valence-electron chi connectivity index (χ3n) is 4.09. The van der Waals surface area contributed by atoms with E-state index in [2.05, 4.69) is 22.6 Å². The number of carbonyl (C=O) groups is 1. The number of halogens is 1. The molecular formula is C15H21IN2O. The zero-order valence-corrected chi connectivity index (χ0v) is 13.5. The first kappa shape index (κ1) is 14.8. The standard InChI is InChI=1S/C15H21IN2O/c1-18(14-9-5-2-6-11(14)10-17)15(19)12-7-3-4-8-13(12)16/h3-4,7-8,11,14H,2,5-6,9-10,17H2,1H3. The van der Waals surface area contributed by atoms with E-state index in [4.69, 9.17) is 5.73 Å². The Labute approximate surface area is 128 Å². The first-order valence-corrected chi connectivity index (χ1v) is 7.94. The van der Waals surface area contributed by atoms with Crippen molar-refractivity contribution in [1.29, 1.82) is 0 Å². The molecule has 1 aromatic rings. The molecule has 2 N–H and O–H groups in total. The molecule has 3 nitrogen and oxygen atoms in total. The molecule has 1 aromatic carbocycles. The smallest absolute Gasteiger partial charge is 0.254 e. The highest BCUT2D eigenvalue weighted by atomic mass is 127. The average Bonchev–Trinajstić information content (AvgIpc) is 2.46. The first-order chi connectivity index (χ1) is 9.15. The molecule has 0 radical (unpaired) electrons. The molecule has 1 saturated carbocycles. The summed E-state index contributed by atoms with van der Waals surface area (Å²) in [6.07, 6.45) is 4.66. The minimum atomic E-state index is 0.121. The van der Waals surface area contributed by atoms with Crippen molar-refractivity contribution in [1.82, 2.24) is 4.90 Å². The third-order valence-corrected chi connectivity index (χ3v) is 5.03. The van der Waals surface area contributed by atoms with Gasteiger partial charge in [-0.15, -0.1) is 0 Å². The van der Waals surface area contributed by atoms with Gasteiger partial charge < -0.3 is 10.6 Å². The molecule has 1 fully saturated rings. The highest BCUT2D eigenvalue weighted by Gasteiger charge is 2.30. The van der Waals surface area contributed by atoms with E-state index in [0.717, 1.165) is 22.0 Å². The van der Waals surface area contributed by atoms with Crippen LogP contribution in [0.25, 0.3) is 0 Å². The maximum Gasteiger partial charge on any atom is 0.254 e. The minimum absolute atomic E-state index is 0.121. The van der Waals surface area contributed by atoms with E-state index >= 15 is 0 Å². The quantitative estimate of drug-likeness (QED) is 0.830. The van der Waals surface area contributed by atoms with Gasteiger partial charge in [-0.25, -0.2) is 0 Å². The highest BCUT2D eigenvalue weighted by molar-refractivity contribution is 14.1. The summed E-state index contributed by atoms with van der Waals surface area (Å²) in [5.74, 6) is 0.569. The number of rotatable bonds is 3. The van der Waals surface area contributed by atoms with Gasteiger partial charge in [0.15, 0.2) is 0 Å². The maximum atomic E-state index is 12.6. The van der Waals surface area contributed by atoms with Crippen LogP contribution in [0.3, 0.4) is 0 Å². The summed E-state index contributed by atoms with van der Waals surface area (Å²) < 4.78 is 1.01. The van der Waals surface area contributed by atoms with Crippen molar-refractivity contribution in [3.63, 3.8) is 0 Å². The summed E-state index contributed by atoms with van der Waals surface area (Å²) in [5.41, 5.74) is 6.66. The van der Waals surface area contributed by atoms with Gasteiger partial charge in [-0.3, -0.25) is 4.79 Å². The van der Waals surface area contributed by atoms with E-state index in [1.54, 1.807) is 0 Å². The second-order valence-corrected chi connectivity index (χ2v) is 6.41. The van der Waals surface area contributed by atoms with E-state index in [9.17, 15) is 4.79 Å². The highest BCUT2D eigenvalue weighted by Crippen LogP contribution is 2.28. The fraction of sp³-hybridized carbons (Fsp3) is 0.533. The summed E-state index contributed by atoms with van der Waals surface area (Å²) >= 11 is 2.22. The van der Waals surface area contributed by atoms with Gasteiger partial charge >= 0.3 is 0 Å². The molecule has 0 aliphatic heterocycles. The zero-order valence-electron chi connectivity index (χ0n) is 11.3. The Hall–Kier alpha value is -0.620. The fourth-order valence-corrected chi connectivity index (χ4v) is 3.57. The minimum Gasteiger partial charge on any atom is -0.338 e. The van der Waals surface area contributed by atoms with E-state index in [1.165, 1.54) is 12.8 Å². The van der Waals surface area contributed by atoms with Crippen LogP contribution in [0.2, 0.25) is 0 Å². The molecule has 4 heteroatoms. The van der Waals surface area contributed by atoms with Crippen LogP contribution in [0.15, 0.2) is 24.3 Å². The first-order valence-electron chi connectivity index (χ1n) is 6.87. The Bertz CT molecular complexity index is 450. The molecule has 2 atom stereocenters. The van der Waals surface area contributed by atoms with Crippen LogP contribution in [-0.2, 0) is 0 Å². The van der Waals surface area contributed by atoms with Crippen LogP contribution in [0, 0.1) is 9.49 Å². The maximum absolute atomic E-state index is 12.6. The predicted octanol–water partition coefficient (Wildman–Crippen LogP) is 2.88. The molecule has 0 aromatic heterocycles. The normalized spacial score (nSPS) is 23.1. The van der Waals surface area contributed by atoms with E-state index in [1.807, 2.05) is 36.2 Å². The Morgan fingerprint density at radius 1 is 1.37 bits per heavy atom. The van der Waals surface area contributed by atoms with Gasteiger partial charge in [0.05, 0.1) is 5.56 Å². The topological polar surface area (TPSA) is 46.3 Å². The Morgan fingerprint density at radius 2 is 2.05 bits per heavy atom. The third kappa shape index (κ3) is 3.28. The lowest BCUT2D eigenvalue weighted by molar-refractivity contribution is 0.0619. The summed E-state index contributed by atoms with van der Waals surface area (Å²) in [7, 11) is 1.92. The van der Waals surface area contributed by atoms with Crippen molar-refractivity contribution < 1.29 is 4.79 Å². The summed E-state index contributed by atoms with van der Waals surface area (Å²) in [6, 6.07) is 8.05. The van der Waals surface area contributed by atoms with Gasteiger partial charge in [0.25, 0.3) is 5.91 Å². The fourth-order valence-electron chi connectivity index (χ4n) is 2.95. The van der Waals surface area contributed by atoms with Crippen molar-refractivity contribution >= 4 is 28.5 Å². The Morgan fingerprint density at radius 3 is 2.74 bits per heavy atom. The average molecular weight is 372 g/mol. The molecule has 0 spiro atoms. The molecule has 1 aliphatic carbocycles. The van der Waals surface area contributed by atoms with Crippen molar-refractivity contribution in [2.45, 2.75) is 31.7 Å². The number of carbonyl (C=O) groups excluding carboxylic acids is 1. The molecule has 1 aliphatic rings. The molecular weight excluding hydrogens is 351 g/mol. The van der Waals surface area contributed by atoms with Crippen LogP contribution in [0.4, 0.5) is 0 Å². The van der Waals surface area contributed by atoms with Crippen molar-refractivity contribution in [2.75, 3.05) is 13.6 Å². The van der Waals surface area contributed by atoms with Crippen LogP contribution in [0.1, 0.15) is 36.0 Å².